The highest BCUT2D eigenvalue weighted by atomic mass is 16.5. The Balaban J connectivity index is 1.26. The Labute approximate surface area is 216 Å². The molecule has 5 saturated carbocycles. The van der Waals surface area contributed by atoms with E-state index in [0.29, 0.717) is 43.7 Å². The average molecular weight is 499 g/mol. The fourth-order valence-electron chi connectivity index (χ4n) is 9.54. The van der Waals surface area contributed by atoms with Crippen LogP contribution in [0.2, 0.25) is 0 Å². The number of hydrogen-bond acceptors (Lipinski definition) is 5. The van der Waals surface area contributed by atoms with E-state index in [9.17, 15) is 19.2 Å². The van der Waals surface area contributed by atoms with Crippen molar-refractivity contribution in [3.05, 3.63) is 0 Å². The molecule has 0 aromatic heterocycles. The van der Waals surface area contributed by atoms with E-state index in [1.165, 1.54) is 12.8 Å². The molecule has 1 unspecified atom stereocenters. The summed E-state index contributed by atoms with van der Waals surface area (Å²) in [5.74, 6) is 1.56. The fourth-order valence-corrected chi connectivity index (χ4v) is 9.54. The van der Waals surface area contributed by atoms with Crippen LogP contribution in [-0.2, 0) is 23.9 Å². The largest absolute Gasteiger partial charge is 0.462 e. The molecule has 0 heterocycles. The molecule has 5 aliphatic rings. The summed E-state index contributed by atoms with van der Waals surface area (Å²) in [7, 11) is 0. The quantitative estimate of drug-likeness (QED) is 0.330. The Hall–Kier alpha value is -1.52. The molecule has 0 aromatic carbocycles. The van der Waals surface area contributed by atoms with Gasteiger partial charge in [-0.2, -0.15) is 0 Å². The summed E-state index contributed by atoms with van der Waals surface area (Å²) in [4.78, 5) is 52.3. The number of rotatable bonds is 5. The maximum Gasteiger partial charge on any atom is 0.306 e. The number of esters is 1. The summed E-state index contributed by atoms with van der Waals surface area (Å²) in [6.07, 6.45) is 12.8. The van der Waals surface area contributed by atoms with Gasteiger partial charge in [0.15, 0.2) is 0 Å². The van der Waals surface area contributed by atoms with Crippen LogP contribution in [0.4, 0.5) is 0 Å². The van der Waals surface area contributed by atoms with E-state index in [0.717, 1.165) is 51.4 Å². The lowest BCUT2D eigenvalue weighted by Gasteiger charge is -2.58. The molecule has 5 nitrogen and oxygen atoms in total. The summed E-state index contributed by atoms with van der Waals surface area (Å²) in [5, 5.41) is 0. The standard InChI is InChI=1S/C31H46O5/c1-19(10-13-28(35)36-22-8-6-4-5-7-9-22)23-11-12-24-29-25(18-27(34)31(23,24)3)30(2)15-14-21(32)16-20(30)17-26(29)33/h19-20,22-25,29H,4-18H2,1-3H3/t19-,20+,23?,24+,25+,29+,30+,31-/m1/s1. The zero-order chi connectivity index (χ0) is 25.7. The van der Waals surface area contributed by atoms with Crippen molar-refractivity contribution in [2.75, 3.05) is 0 Å². The summed E-state index contributed by atoms with van der Waals surface area (Å²) in [6, 6.07) is 0. The molecule has 36 heavy (non-hydrogen) atoms. The van der Waals surface area contributed by atoms with Crippen molar-refractivity contribution in [1.29, 1.82) is 0 Å². The predicted octanol–water partition coefficient (Wildman–Crippen LogP) is 6.25. The minimum Gasteiger partial charge on any atom is -0.462 e. The first-order valence-electron chi connectivity index (χ1n) is 14.9. The molecule has 8 atom stereocenters. The molecule has 0 amide bonds. The lowest BCUT2D eigenvalue weighted by atomic mass is 9.44. The van der Waals surface area contributed by atoms with Gasteiger partial charge >= 0.3 is 5.97 Å². The van der Waals surface area contributed by atoms with Gasteiger partial charge in [-0.1, -0.05) is 33.6 Å². The molecule has 5 aliphatic carbocycles. The van der Waals surface area contributed by atoms with Crippen molar-refractivity contribution >= 4 is 23.3 Å². The van der Waals surface area contributed by atoms with Gasteiger partial charge < -0.3 is 4.74 Å². The van der Waals surface area contributed by atoms with E-state index < -0.39 is 5.41 Å². The third kappa shape index (κ3) is 4.41. The lowest BCUT2D eigenvalue weighted by Crippen LogP contribution is -2.60. The molecule has 0 bridgehead atoms. The molecule has 0 spiro atoms. The fraction of sp³-hybridized carbons (Fsp3) is 0.871. The van der Waals surface area contributed by atoms with Crippen molar-refractivity contribution in [2.24, 2.45) is 46.3 Å². The van der Waals surface area contributed by atoms with Gasteiger partial charge in [-0.25, -0.2) is 0 Å². The average Bonchev–Trinajstić information content (AvgIpc) is 3.00. The Kier molecular flexibility index (Phi) is 7.24. The van der Waals surface area contributed by atoms with Crippen LogP contribution in [0.5, 0.6) is 0 Å². The van der Waals surface area contributed by atoms with Crippen LogP contribution in [0.15, 0.2) is 0 Å². The van der Waals surface area contributed by atoms with Crippen molar-refractivity contribution in [3.63, 3.8) is 0 Å². The zero-order valence-corrected chi connectivity index (χ0v) is 22.7. The summed E-state index contributed by atoms with van der Waals surface area (Å²) < 4.78 is 5.82. The summed E-state index contributed by atoms with van der Waals surface area (Å²) in [6.45, 7) is 6.60. The molecule has 0 saturated heterocycles. The Morgan fingerprint density at radius 1 is 0.944 bits per heavy atom. The van der Waals surface area contributed by atoms with Gasteiger partial charge in [-0.3, -0.25) is 19.2 Å². The number of fused-ring (bicyclic) bond motifs is 5. The third-order valence-electron chi connectivity index (χ3n) is 11.8. The molecule has 0 N–H and O–H groups in total. The Morgan fingerprint density at radius 2 is 1.67 bits per heavy atom. The molecular weight excluding hydrogens is 452 g/mol. The third-order valence-corrected chi connectivity index (χ3v) is 11.8. The van der Waals surface area contributed by atoms with Crippen LogP contribution in [0.3, 0.4) is 0 Å². The maximum atomic E-state index is 13.9. The topological polar surface area (TPSA) is 77.5 Å². The van der Waals surface area contributed by atoms with Crippen LogP contribution >= 0.6 is 0 Å². The van der Waals surface area contributed by atoms with E-state index >= 15 is 0 Å². The number of hydrogen-bond donors (Lipinski definition) is 0. The molecule has 200 valence electrons. The van der Waals surface area contributed by atoms with E-state index in [2.05, 4.69) is 20.8 Å². The second-order valence-corrected chi connectivity index (χ2v) is 13.6. The van der Waals surface area contributed by atoms with Gasteiger partial charge in [0.2, 0.25) is 0 Å². The minimum absolute atomic E-state index is 0.0421. The van der Waals surface area contributed by atoms with Gasteiger partial charge in [0.1, 0.15) is 23.5 Å². The highest BCUT2D eigenvalue weighted by molar-refractivity contribution is 5.93. The number of ketones is 3. The van der Waals surface area contributed by atoms with Gasteiger partial charge in [0.25, 0.3) is 0 Å². The smallest absolute Gasteiger partial charge is 0.306 e. The molecule has 0 aliphatic heterocycles. The Bertz CT molecular complexity index is 901. The van der Waals surface area contributed by atoms with Crippen LogP contribution in [0.25, 0.3) is 0 Å². The molecule has 5 heteroatoms. The molecule has 0 aromatic rings. The zero-order valence-electron chi connectivity index (χ0n) is 22.7. The van der Waals surface area contributed by atoms with Crippen molar-refractivity contribution in [1.82, 2.24) is 0 Å². The molecule has 0 radical (unpaired) electrons. The normalized spacial score (nSPS) is 42.2. The van der Waals surface area contributed by atoms with Gasteiger partial charge in [0, 0.05) is 43.4 Å². The maximum absolute atomic E-state index is 13.9. The highest BCUT2D eigenvalue weighted by Gasteiger charge is 2.66. The second-order valence-electron chi connectivity index (χ2n) is 13.6. The number of Topliss-reactive ketones (excluding diaryl/α,β-unsaturated/α-hetero) is 3. The second kappa shape index (κ2) is 9.98. The van der Waals surface area contributed by atoms with E-state index in [1.807, 2.05) is 0 Å². The first-order chi connectivity index (χ1) is 17.1. The number of carbonyl (C=O) groups excluding carboxylic acids is 4. The summed E-state index contributed by atoms with van der Waals surface area (Å²) >= 11 is 0. The van der Waals surface area contributed by atoms with Crippen LogP contribution in [0.1, 0.15) is 117 Å². The number of carbonyl (C=O) groups is 4. The number of ether oxygens (including phenoxy) is 1. The van der Waals surface area contributed by atoms with Crippen LogP contribution in [-0.4, -0.2) is 29.4 Å². The van der Waals surface area contributed by atoms with Gasteiger partial charge in [0.05, 0.1) is 0 Å². The molecule has 5 fully saturated rings. The minimum atomic E-state index is -0.477. The van der Waals surface area contributed by atoms with Crippen LogP contribution in [0, 0.1) is 46.3 Å². The van der Waals surface area contributed by atoms with E-state index in [4.69, 9.17) is 4.74 Å². The van der Waals surface area contributed by atoms with Crippen molar-refractivity contribution < 1.29 is 23.9 Å². The van der Waals surface area contributed by atoms with Crippen molar-refractivity contribution in [2.45, 2.75) is 123 Å². The van der Waals surface area contributed by atoms with E-state index in [1.54, 1.807) is 0 Å². The van der Waals surface area contributed by atoms with Crippen LogP contribution < -0.4 is 0 Å². The first kappa shape index (κ1) is 26.1. The first-order valence-corrected chi connectivity index (χ1v) is 14.9. The van der Waals surface area contributed by atoms with Gasteiger partial charge in [-0.15, -0.1) is 0 Å². The molecule has 5 rings (SSSR count). The monoisotopic (exact) mass is 498 g/mol. The lowest BCUT2D eigenvalue weighted by molar-refractivity contribution is -0.166. The SMILES string of the molecule is C[C@H](CCC(=O)OC1CCCCCC1)C1CC[C@H]2[C@@H]3C(=O)C[C@@H]4CC(=O)CC[C@]4(C)[C@H]3CC(=O)[C@]12C. The predicted molar refractivity (Wildman–Crippen MR) is 137 cm³/mol. The van der Waals surface area contributed by atoms with Crippen molar-refractivity contribution in [3.8, 4) is 0 Å². The summed E-state index contributed by atoms with van der Waals surface area (Å²) in [5.41, 5.74) is -0.552. The van der Waals surface area contributed by atoms with Gasteiger partial charge in [-0.05, 0) is 86.4 Å². The molecular formula is C31H46O5. The Morgan fingerprint density at radius 3 is 2.39 bits per heavy atom. The highest BCUT2D eigenvalue weighted by Crippen LogP contribution is 2.66. The van der Waals surface area contributed by atoms with E-state index in [-0.39, 0.29) is 58.8 Å².